The lowest BCUT2D eigenvalue weighted by Gasteiger charge is -2.13. The summed E-state index contributed by atoms with van der Waals surface area (Å²) in [6, 6.07) is 18.6. The number of nitriles is 2. The SMILES string of the molecule is COc1ccc(Br)cc1-c1cc(-c2ccc(C#N)cc2)nc(N)c1C#N. The normalized spacial score (nSPS) is 10.0. The number of pyridine rings is 1. The Morgan fingerprint density at radius 3 is 2.35 bits per heavy atom. The summed E-state index contributed by atoms with van der Waals surface area (Å²) >= 11 is 3.45. The van der Waals surface area contributed by atoms with Gasteiger partial charge in [0.05, 0.1) is 24.4 Å². The number of anilines is 1. The van der Waals surface area contributed by atoms with Crippen LogP contribution >= 0.6 is 15.9 Å². The average Bonchev–Trinajstić information content (AvgIpc) is 2.67. The number of nitrogens with zero attached hydrogens (tertiary/aromatic N) is 3. The highest BCUT2D eigenvalue weighted by molar-refractivity contribution is 9.10. The summed E-state index contributed by atoms with van der Waals surface area (Å²) in [4.78, 5) is 4.35. The molecule has 0 aliphatic carbocycles. The van der Waals surface area contributed by atoms with Crippen molar-refractivity contribution in [1.82, 2.24) is 4.98 Å². The van der Waals surface area contributed by atoms with Crippen LogP contribution < -0.4 is 10.5 Å². The summed E-state index contributed by atoms with van der Waals surface area (Å²) in [6.45, 7) is 0. The smallest absolute Gasteiger partial charge is 0.142 e. The largest absolute Gasteiger partial charge is 0.496 e. The van der Waals surface area contributed by atoms with Crippen molar-refractivity contribution in [2.45, 2.75) is 0 Å². The highest BCUT2D eigenvalue weighted by atomic mass is 79.9. The number of benzene rings is 2. The molecule has 0 saturated heterocycles. The Morgan fingerprint density at radius 1 is 1.00 bits per heavy atom. The van der Waals surface area contributed by atoms with Crippen LogP contribution in [0.1, 0.15) is 11.1 Å². The van der Waals surface area contributed by atoms with Gasteiger partial charge in [-0.15, -0.1) is 0 Å². The molecular formula is C20H13BrN4O. The van der Waals surface area contributed by atoms with E-state index in [0.29, 0.717) is 28.1 Å². The summed E-state index contributed by atoms with van der Waals surface area (Å²) in [5.74, 6) is 0.771. The summed E-state index contributed by atoms with van der Waals surface area (Å²) in [5.41, 5.74) is 9.69. The maximum atomic E-state index is 9.56. The first-order valence-electron chi connectivity index (χ1n) is 7.62. The number of aromatic nitrogens is 1. The molecule has 0 unspecified atom stereocenters. The highest BCUT2D eigenvalue weighted by Crippen LogP contribution is 2.37. The maximum absolute atomic E-state index is 9.56. The fourth-order valence-electron chi connectivity index (χ4n) is 2.65. The van der Waals surface area contributed by atoms with Gasteiger partial charge in [-0.2, -0.15) is 10.5 Å². The van der Waals surface area contributed by atoms with Crippen LogP contribution in [-0.2, 0) is 0 Å². The van der Waals surface area contributed by atoms with E-state index in [1.165, 1.54) is 0 Å². The minimum Gasteiger partial charge on any atom is -0.496 e. The van der Waals surface area contributed by atoms with Gasteiger partial charge in [0, 0.05) is 21.2 Å². The van der Waals surface area contributed by atoms with Crippen molar-refractivity contribution >= 4 is 21.7 Å². The third-order valence-electron chi connectivity index (χ3n) is 3.92. The lowest BCUT2D eigenvalue weighted by Crippen LogP contribution is -2.00. The molecule has 5 nitrogen and oxygen atoms in total. The van der Waals surface area contributed by atoms with E-state index in [1.54, 1.807) is 37.4 Å². The molecular weight excluding hydrogens is 392 g/mol. The second-order valence-corrected chi connectivity index (χ2v) is 6.38. The minimum atomic E-state index is 0.145. The van der Waals surface area contributed by atoms with Crippen LogP contribution in [0.2, 0.25) is 0 Å². The van der Waals surface area contributed by atoms with Gasteiger partial charge in [-0.05, 0) is 36.4 Å². The third kappa shape index (κ3) is 3.23. The molecule has 0 radical (unpaired) electrons. The lowest BCUT2D eigenvalue weighted by atomic mass is 9.97. The molecule has 3 rings (SSSR count). The summed E-state index contributed by atoms with van der Waals surface area (Å²) in [5, 5.41) is 18.5. The van der Waals surface area contributed by atoms with Crippen molar-refractivity contribution in [2.24, 2.45) is 0 Å². The van der Waals surface area contributed by atoms with Gasteiger partial charge in [0.25, 0.3) is 0 Å². The van der Waals surface area contributed by atoms with Crippen molar-refractivity contribution in [2.75, 3.05) is 12.8 Å². The van der Waals surface area contributed by atoms with Crippen LogP contribution in [0.3, 0.4) is 0 Å². The Balaban J connectivity index is 2.25. The van der Waals surface area contributed by atoms with Gasteiger partial charge in [0.15, 0.2) is 0 Å². The number of methoxy groups -OCH3 is 1. The Bertz CT molecular complexity index is 1060. The zero-order valence-electron chi connectivity index (χ0n) is 13.8. The van der Waals surface area contributed by atoms with E-state index in [4.69, 9.17) is 15.7 Å². The van der Waals surface area contributed by atoms with E-state index in [1.807, 2.05) is 18.2 Å². The zero-order valence-corrected chi connectivity index (χ0v) is 15.4. The van der Waals surface area contributed by atoms with Crippen LogP contribution in [0.15, 0.2) is 53.0 Å². The molecule has 0 spiro atoms. The Hall–Kier alpha value is -3.35. The first kappa shape index (κ1) is 17.5. The van der Waals surface area contributed by atoms with Gasteiger partial charge in [0.2, 0.25) is 0 Å². The molecule has 0 fully saturated rings. The monoisotopic (exact) mass is 404 g/mol. The number of hydrogen-bond donors (Lipinski definition) is 1. The van der Waals surface area contributed by atoms with Crippen LogP contribution in [0.5, 0.6) is 5.75 Å². The van der Waals surface area contributed by atoms with Crippen LogP contribution in [0.4, 0.5) is 5.82 Å². The molecule has 126 valence electrons. The number of nitrogen functional groups attached to an aromatic ring is 1. The molecule has 0 aliphatic heterocycles. The predicted octanol–water partition coefficient (Wildman–Crippen LogP) is 4.51. The molecule has 3 aromatic rings. The van der Waals surface area contributed by atoms with Crippen LogP contribution in [0, 0.1) is 22.7 Å². The van der Waals surface area contributed by atoms with Gasteiger partial charge in [-0.3, -0.25) is 0 Å². The minimum absolute atomic E-state index is 0.145. The highest BCUT2D eigenvalue weighted by Gasteiger charge is 2.17. The summed E-state index contributed by atoms with van der Waals surface area (Å²) < 4.78 is 6.30. The average molecular weight is 405 g/mol. The lowest BCUT2D eigenvalue weighted by molar-refractivity contribution is 0.416. The fraction of sp³-hybridized carbons (Fsp3) is 0.0500. The third-order valence-corrected chi connectivity index (χ3v) is 4.41. The van der Waals surface area contributed by atoms with E-state index in [2.05, 4.69) is 33.1 Å². The molecule has 0 aliphatic rings. The van der Waals surface area contributed by atoms with Crippen LogP contribution in [-0.4, -0.2) is 12.1 Å². The van der Waals surface area contributed by atoms with E-state index in [9.17, 15) is 5.26 Å². The van der Waals surface area contributed by atoms with E-state index in [0.717, 1.165) is 15.6 Å². The molecule has 26 heavy (non-hydrogen) atoms. The van der Waals surface area contributed by atoms with Gasteiger partial charge < -0.3 is 10.5 Å². The van der Waals surface area contributed by atoms with Crippen molar-refractivity contribution in [1.29, 1.82) is 10.5 Å². The number of rotatable bonds is 3. The Labute approximate surface area is 159 Å². The van der Waals surface area contributed by atoms with Crippen molar-refractivity contribution in [3.8, 4) is 40.3 Å². The van der Waals surface area contributed by atoms with Crippen LogP contribution in [0.25, 0.3) is 22.4 Å². The van der Waals surface area contributed by atoms with Gasteiger partial charge in [0.1, 0.15) is 23.2 Å². The zero-order chi connectivity index (χ0) is 18.7. The second-order valence-electron chi connectivity index (χ2n) is 5.46. The number of nitrogens with two attached hydrogens (primary N) is 1. The number of hydrogen-bond acceptors (Lipinski definition) is 5. The first-order chi connectivity index (χ1) is 12.6. The second kappa shape index (κ2) is 7.26. The molecule has 0 bridgehead atoms. The van der Waals surface area contributed by atoms with Crippen molar-refractivity contribution in [3.05, 3.63) is 64.1 Å². The predicted molar refractivity (Wildman–Crippen MR) is 103 cm³/mol. The molecule has 2 aromatic carbocycles. The first-order valence-corrected chi connectivity index (χ1v) is 8.41. The quantitative estimate of drug-likeness (QED) is 0.692. The fourth-order valence-corrected chi connectivity index (χ4v) is 3.01. The van der Waals surface area contributed by atoms with Gasteiger partial charge in [-0.25, -0.2) is 4.98 Å². The molecule has 2 N–H and O–H groups in total. The van der Waals surface area contributed by atoms with E-state index >= 15 is 0 Å². The standard InChI is InChI=1S/C20H13BrN4O/c1-26-19-7-6-14(21)8-16(19)15-9-18(25-20(24)17(15)11-23)13-4-2-12(10-22)3-5-13/h2-9H,1H3,(H2,24,25). The molecule has 0 amide bonds. The van der Waals surface area contributed by atoms with E-state index in [-0.39, 0.29) is 5.82 Å². The molecule has 6 heteroatoms. The molecule has 1 aromatic heterocycles. The maximum Gasteiger partial charge on any atom is 0.142 e. The number of halogens is 1. The Morgan fingerprint density at radius 2 is 1.73 bits per heavy atom. The van der Waals surface area contributed by atoms with E-state index < -0.39 is 0 Å². The topological polar surface area (TPSA) is 95.7 Å². The number of ether oxygens (including phenoxy) is 1. The summed E-state index contributed by atoms with van der Waals surface area (Å²) in [7, 11) is 1.57. The molecule has 0 saturated carbocycles. The van der Waals surface area contributed by atoms with Crippen molar-refractivity contribution in [3.63, 3.8) is 0 Å². The van der Waals surface area contributed by atoms with Crippen molar-refractivity contribution < 1.29 is 4.74 Å². The van der Waals surface area contributed by atoms with Gasteiger partial charge in [-0.1, -0.05) is 28.1 Å². The molecule has 1 heterocycles. The Kier molecular flexibility index (Phi) is 4.88. The van der Waals surface area contributed by atoms with Gasteiger partial charge >= 0.3 is 0 Å². The molecule has 0 atom stereocenters. The summed E-state index contributed by atoms with van der Waals surface area (Å²) in [6.07, 6.45) is 0.